The molecule has 0 amide bonds. The Balaban J connectivity index is 1.58. The quantitative estimate of drug-likeness (QED) is 0.236. The lowest BCUT2D eigenvalue weighted by Gasteiger charge is -2.16. The van der Waals surface area contributed by atoms with Crippen LogP contribution < -0.4 is 0 Å². The third kappa shape index (κ3) is 3.25. The third-order valence-corrected chi connectivity index (χ3v) is 7.31. The molecule has 0 N–H and O–H groups in total. The van der Waals surface area contributed by atoms with E-state index in [1.807, 2.05) is 65.2 Å². The van der Waals surface area contributed by atoms with Crippen molar-refractivity contribution >= 4 is 43.7 Å². The van der Waals surface area contributed by atoms with Gasteiger partial charge in [0.1, 0.15) is 17.2 Å². The second kappa shape index (κ2) is 8.61. The van der Waals surface area contributed by atoms with Gasteiger partial charge in [-0.05, 0) is 78.4 Å². The predicted octanol–water partition coefficient (Wildman–Crippen LogP) is 7.84. The van der Waals surface area contributed by atoms with Gasteiger partial charge >= 0.3 is 0 Å². The maximum Gasteiger partial charge on any atom is 0.135 e. The van der Waals surface area contributed by atoms with E-state index in [2.05, 4.69) is 24.3 Å². The Morgan fingerprint density at radius 3 is 1.68 bits per heavy atom. The first-order valence-corrected chi connectivity index (χ1v) is 12.4. The molecule has 0 bridgehead atoms. The van der Waals surface area contributed by atoms with Crippen molar-refractivity contribution in [2.75, 3.05) is 0 Å². The van der Waals surface area contributed by atoms with E-state index >= 15 is 0 Å². The fourth-order valence-electron chi connectivity index (χ4n) is 5.53. The largest absolute Gasteiger partial charge is 0.456 e. The fourth-order valence-corrected chi connectivity index (χ4v) is 5.53. The molecule has 0 atom stereocenters. The van der Waals surface area contributed by atoms with Crippen LogP contribution in [0.25, 0.3) is 60.6 Å². The normalized spacial score (nSPS) is 10.9. The number of hydrogen-bond donors (Lipinski definition) is 0. The molecule has 2 aromatic heterocycles. The minimum absolute atomic E-state index is 0.480. The molecule has 0 unspecified atom stereocenters. The van der Waals surface area contributed by atoms with Crippen LogP contribution in [0, 0.1) is 45.3 Å². The van der Waals surface area contributed by atoms with Gasteiger partial charge in [0.05, 0.1) is 57.2 Å². The lowest BCUT2D eigenvalue weighted by molar-refractivity contribution is 0.669. The van der Waals surface area contributed by atoms with E-state index in [4.69, 9.17) is 4.42 Å². The third-order valence-electron chi connectivity index (χ3n) is 7.31. The predicted molar refractivity (Wildman–Crippen MR) is 152 cm³/mol. The summed E-state index contributed by atoms with van der Waals surface area (Å²) in [6.07, 6.45) is 0. The summed E-state index contributed by atoms with van der Waals surface area (Å²) in [7, 11) is 0. The lowest BCUT2D eigenvalue weighted by atomic mass is 9.98. The number of furan rings is 1. The van der Waals surface area contributed by atoms with Crippen LogP contribution >= 0.6 is 0 Å². The van der Waals surface area contributed by atoms with E-state index < -0.39 is 0 Å². The van der Waals surface area contributed by atoms with Crippen molar-refractivity contribution in [2.24, 2.45) is 0 Å². The Morgan fingerprint density at radius 2 is 1.07 bits per heavy atom. The van der Waals surface area contributed by atoms with Crippen molar-refractivity contribution in [3.8, 4) is 41.1 Å². The van der Waals surface area contributed by atoms with E-state index in [0.717, 1.165) is 43.7 Å². The first-order valence-electron chi connectivity index (χ1n) is 12.4. The number of rotatable bonds is 2. The van der Waals surface area contributed by atoms with E-state index in [0.29, 0.717) is 39.1 Å². The Hall–Kier alpha value is -6.34. The standard InChI is InChI=1S/C34H15N5O/c35-16-20-4-8-30-26(12-20)27-13-21(17-36)5-9-31(27)39(30)34-24(19-38)2-1-3-25(34)23-7-11-33-29(15-23)28-14-22(18-37)6-10-32(28)40-33/h1-15H. The highest BCUT2D eigenvalue weighted by molar-refractivity contribution is 6.11. The van der Waals surface area contributed by atoms with Crippen molar-refractivity contribution in [2.45, 2.75) is 0 Å². The number of para-hydroxylation sites is 1. The van der Waals surface area contributed by atoms with Gasteiger partial charge in [0.25, 0.3) is 0 Å². The van der Waals surface area contributed by atoms with Gasteiger partial charge in [-0.2, -0.15) is 21.0 Å². The number of nitriles is 4. The smallest absolute Gasteiger partial charge is 0.135 e. The minimum Gasteiger partial charge on any atom is -0.456 e. The molecule has 0 saturated carbocycles. The van der Waals surface area contributed by atoms with Gasteiger partial charge in [-0.3, -0.25) is 0 Å². The molecule has 6 heteroatoms. The zero-order chi connectivity index (χ0) is 27.4. The molecule has 40 heavy (non-hydrogen) atoms. The van der Waals surface area contributed by atoms with Gasteiger partial charge in [0.15, 0.2) is 0 Å². The highest BCUT2D eigenvalue weighted by Crippen LogP contribution is 2.40. The summed E-state index contributed by atoms with van der Waals surface area (Å²) >= 11 is 0. The number of aromatic nitrogens is 1. The average molecular weight is 510 g/mol. The molecule has 0 fully saturated rings. The second-order valence-electron chi connectivity index (χ2n) is 9.47. The summed E-state index contributed by atoms with van der Waals surface area (Å²) in [5.74, 6) is 0. The zero-order valence-corrected chi connectivity index (χ0v) is 20.8. The molecule has 0 aliphatic rings. The van der Waals surface area contributed by atoms with Crippen LogP contribution in [0.3, 0.4) is 0 Å². The Morgan fingerprint density at radius 1 is 0.525 bits per heavy atom. The summed E-state index contributed by atoms with van der Waals surface area (Å²) < 4.78 is 8.06. The van der Waals surface area contributed by atoms with Crippen molar-refractivity contribution in [1.82, 2.24) is 4.57 Å². The summed E-state index contributed by atoms with van der Waals surface area (Å²) in [5.41, 5.74) is 7.50. The zero-order valence-electron chi connectivity index (χ0n) is 20.8. The van der Waals surface area contributed by atoms with Crippen LogP contribution in [-0.4, -0.2) is 4.57 Å². The maximum absolute atomic E-state index is 10.2. The summed E-state index contributed by atoms with van der Waals surface area (Å²) in [4.78, 5) is 0. The highest BCUT2D eigenvalue weighted by Gasteiger charge is 2.20. The first-order chi connectivity index (χ1) is 19.6. The molecular formula is C34H15N5O. The van der Waals surface area contributed by atoms with Gasteiger partial charge < -0.3 is 8.98 Å². The monoisotopic (exact) mass is 509 g/mol. The van der Waals surface area contributed by atoms with E-state index in [1.54, 1.807) is 30.3 Å². The van der Waals surface area contributed by atoms with E-state index in [-0.39, 0.29) is 0 Å². The van der Waals surface area contributed by atoms with Crippen molar-refractivity contribution in [3.63, 3.8) is 0 Å². The minimum atomic E-state index is 0.480. The molecule has 7 aromatic rings. The van der Waals surface area contributed by atoms with Crippen LogP contribution in [0.15, 0.2) is 95.4 Å². The number of fused-ring (bicyclic) bond motifs is 6. The first kappa shape index (κ1) is 22.8. The van der Waals surface area contributed by atoms with Crippen molar-refractivity contribution < 1.29 is 4.42 Å². The Kier molecular flexibility index (Phi) is 4.91. The molecular weight excluding hydrogens is 494 g/mol. The highest BCUT2D eigenvalue weighted by atomic mass is 16.3. The summed E-state index contributed by atoms with van der Waals surface area (Å²) in [5, 5.41) is 42.2. The van der Waals surface area contributed by atoms with Crippen LogP contribution in [0.1, 0.15) is 22.3 Å². The molecule has 2 heterocycles. The molecule has 7 rings (SSSR count). The molecule has 182 valence electrons. The van der Waals surface area contributed by atoms with Crippen molar-refractivity contribution in [3.05, 3.63) is 113 Å². The number of hydrogen-bond acceptors (Lipinski definition) is 5. The van der Waals surface area contributed by atoms with Crippen LogP contribution in [0.4, 0.5) is 0 Å². The second-order valence-corrected chi connectivity index (χ2v) is 9.47. The topological polar surface area (TPSA) is 113 Å². The average Bonchev–Trinajstić information content (AvgIpc) is 3.54. The van der Waals surface area contributed by atoms with Gasteiger partial charge in [-0.15, -0.1) is 0 Å². The molecule has 0 radical (unpaired) electrons. The number of nitrogens with zero attached hydrogens (tertiary/aromatic N) is 5. The van der Waals surface area contributed by atoms with Crippen LogP contribution in [0.5, 0.6) is 0 Å². The summed E-state index contributed by atoms with van der Waals surface area (Å²) in [6, 6.07) is 36.8. The maximum atomic E-state index is 10.2. The number of benzene rings is 5. The fraction of sp³-hybridized carbons (Fsp3) is 0. The lowest BCUT2D eigenvalue weighted by Crippen LogP contribution is -2.01. The van der Waals surface area contributed by atoms with Crippen LogP contribution in [0.2, 0.25) is 0 Å². The molecule has 0 aliphatic heterocycles. The Bertz CT molecular complexity index is 2310. The van der Waals surface area contributed by atoms with E-state index in [1.165, 1.54) is 0 Å². The van der Waals surface area contributed by atoms with Crippen LogP contribution in [-0.2, 0) is 0 Å². The molecule has 0 saturated heterocycles. The van der Waals surface area contributed by atoms with Gasteiger partial charge in [-0.25, -0.2) is 0 Å². The SMILES string of the molecule is N#Cc1ccc2oc3ccc(-c4cccc(C#N)c4-n4c5ccc(C#N)cc5c5cc(C#N)ccc54)cc3c2c1. The van der Waals surface area contributed by atoms with Crippen molar-refractivity contribution in [1.29, 1.82) is 21.0 Å². The molecule has 0 spiro atoms. The van der Waals surface area contributed by atoms with Gasteiger partial charge in [-0.1, -0.05) is 18.2 Å². The van der Waals surface area contributed by atoms with E-state index in [9.17, 15) is 21.0 Å². The molecule has 0 aliphatic carbocycles. The molecule has 6 nitrogen and oxygen atoms in total. The Labute approximate surface area is 228 Å². The van der Waals surface area contributed by atoms with Gasteiger partial charge in [0, 0.05) is 27.1 Å². The molecule has 5 aromatic carbocycles. The summed E-state index contributed by atoms with van der Waals surface area (Å²) in [6.45, 7) is 0. The van der Waals surface area contributed by atoms with Gasteiger partial charge in [0.2, 0.25) is 0 Å².